The molecular formula is C45H64BNO4. The molecule has 2 aliphatic heterocycles. The molecule has 2 fully saturated rings. The molecule has 3 heterocycles. The Bertz CT molecular complexity index is 1840. The van der Waals surface area contributed by atoms with Crippen LogP contribution >= 0.6 is 0 Å². The van der Waals surface area contributed by atoms with Gasteiger partial charge in [-0.25, -0.2) is 0 Å². The summed E-state index contributed by atoms with van der Waals surface area (Å²) in [4.78, 5) is 0. The normalized spacial score (nSPS) is 20.1. The fourth-order valence-corrected chi connectivity index (χ4v) is 7.42. The van der Waals surface area contributed by atoms with E-state index in [-0.39, 0.29) is 27.9 Å². The minimum atomic E-state index is -0.610. The molecule has 1 atom stereocenters. The first-order valence-corrected chi connectivity index (χ1v) is 19.4. The maximum atomic E-state index is 7.12. The Morgan fingerprint density at radius 3 is 1.71 bits per heavy atom. The van der Waals surface area contributed by atoms with Gasteiger partial charge in [0.05, 0.1) is 34.5 Å². The van der Waals surface area contributed by atoms with E-state index in [1.165, 1.54) is 27.5 Å². The van der Waals surface area contributed by atoms with Crippen LogP contribution in [0.1, 0.15) is 146 Å². The van der Waals surface area contributed by atoms with Crippen molar-refractivity contribution in [2.45, 2.75) is 163 Å². The van der Waals surface area contributed by atoms with Gasteiger partial charge in [-0.05, 0) is 109 Å². The average Bonchev–Trinajstić information content (AvgIpc) is 3.48. The maximum absolute atomic E-state index is 7.12. The Kier molecular flexibility index (Phi) is 9.42. The molecule has 0 spiro atoms. The zero-order valence-corrected chi connectivity index (χ0v) is 34.4. The maximum Gasteiger partial charge on any atom is 0.498 e. The Balaban J connectivity index is 1.75. The topological polar surface area (TPSA) is 41.9 Å². The molecule has 51 heavy (non-hydrogen) atoms. The van der Waals surface area contributed by atoms with E-state index in [1.54, 1.807) is 0 Å². The first-order chi connectivity index (χ1) is 23.5. The molecule has 0 bridgehead atoms. The lowest BCUT2D eigenvalue weighted by Crippen LogP contribution is -2.41. The molecule has 6 heteroatoms. The van der Waals surface area contributed by atoms with Crippen molar-refractivity contribution in [2.24, 2.45) is 5.41 Å². The SMILES string of the molecule is CCC(C)(C)C(C)(C)c1cc(B2OC(C)(C)C(C)(C)O2)c(OC2CCCCO2)c(-n2c3ccc(C(C)(C)C)cc3c3cc(C(C)(C)C)ccc32)c1. The molecule has 1 aromatic heterocycles. The molecule has 0 radical (unpaired) electrons. The van der Waals surface area contributed by atoms with Crippen LogP contribution < -0.4 is 10.2 Å². The van der Waals surface area contributed by atoms with Crippen molar-refractivity contribution in [3.8, 4) is 11.4 Å². The van der Waals surface area contributed by atoms with Crippen molar-refractivity contribution in [3.63, 3.8) is 0 Å². The number of benzene rings is 3. The highest BCUT2D eigenvalue weighted by molar-refractivity contribution is 6.63. The Morgan fingerprint density at radius 1 is 0.725 bits per heavy atom. The number of fused-ring (bicyclic) bond motifs is 3. The third-order valence-electron chi connectivity index (χ3n) is 13.0. The lowest BCUT2D eigenvalue weighted by Gasteiger charge is -2.42. The number of hydrogen-bond acceptors (Lipinski definition) is 4. The summed E-state index contributed by atoms with van der Waals surface area (Å²) in [5.74, 6) is 0.771. The lowest BCUT2D eigenvalue weighted by atomic mass is 9.61. The number of ether oxygens (including phenoxy) is 2. The molecule has 0 N–H and O–H groups in total. The van der Waals surface area contributed by atoms with Crippen molar-refractivity contribution >= 4 is 34.4 Å². The van der Waals surface area contributed by atoms with E-state index in [4.69, 9.17) is 18.8 Å². The van der Waals surface area contributed by atoms with Gasteiger partial charge in [-0.15, -0.1) is 0 Å². The van der Waals surface area contributed by atoms with Gasteiger partial charge in [-0.2, -0.15) is 0 Å². The van der Waals surface area contributed by atoms with Gasteiger partial charge < -0.3 is 23.3 Å². The first-order valence-electron chi connectivity index (χ1n) is 19.4. The van der Waals surface area contributed by atoms with Crippen molar-refractivity contribution in [1.82, 2.24) is 4.57 Å². The molecule has 4 aromatic rings. The van der Waals surface area contributed by atoms with Crippen LogP contribution in [0, 0.1) is 5.41 Å². The first kappa shape index (κ1) is 37.9. The largest absolute Gasteiger partial charge is 0.498 e. The molecule has 0 saturated carbocycles. The van der Waals surface area contributed by atoms with Crippen molar-refractivity contribution < 1.29 is 18.8 Å². The molecule has 1 unspecified atom stereocenters. The quantitative estimate of drug-likeness (QED) is 0.181. The molecule has 0 aliphatic carbocycles. The highest BCUT2D eigenvalue weighted by Crippen LogP contribution is 2.47. The molecule has 0 amide bonds. The summed E-state index contributed by atoms with van der Waals surface area (Å²) in [7, 11) is -0.610. The van der Waals surface area contributed by atoms with Crippen LogP contribution in [0.25, 0.3) is 27.5 Å². The molecule has 2 saturated heterocycles. The lowest BCUT2D eigenvalue weighted by molar-refractivity contribution is -0.105. The molecule has 3 aromatic carbocycles. The second kappa shape index (κ2) is 12.7. The summed E-state index contributed by atoms with van der Waals surface area (Å²) in [6.45, 7) is 34.8. The monoisotopic (exact) mass is 693 g/mol. The highest BCUT2D eigenvalue weighted by atomic mass is 16.7. The van der Waals surface area contributed by atoms with Gasteiger partial charge in [0.25, 0.3) is 0 Å². The zero-order valence-electron chi connectivity index (χ0n) is 34.4. The summed E-state index contributed by atoms with van der Waals surface area (Å²) < 4.78 is 29.6. The van der Waals surface area contributed by atoms with E-state index in [1.807, 2.05) is 0 Å². The summed E-state index contributed by atoms with van der Waals surface area (Å²) in [6, 6.07) is 18.8. The van der Waals surface area contributed by atoms with E-state index < -0.39 is 18.3 Å². The third kappa shape index (κ3) is 6.68. The van der Waals surface area contributed by atoms with Gasteiger partial charge >= 0.3 is 7.12 Å². The van der Waals surface area contributed by atoms with Gasteiger partial charge in [0.1, 0.15) is 5.75 Å². The standard InChI is InChI=1S/C45H64BNO4/c1-16-42(8,9)43(10,11)31-27-34(46-50-44(12,13)45(14,15)51-46)39(49-38-19-17-18-24-48-38)37(28-31)47-35-22-20-29(40(2,3)4)25-32(35)33-26-30(41(5,6)7)21-23-36(33)47/h20-23,25-28,38H,16-19,24H2,1-15H3. The zero-order chi connectivity index (χ0) is 37.5. The smallest absolute Gasteiger partial charge is 0.463 e. The number of rotatable bonds is 7. The van der Waals surface area contributed by atoms with Gasteiger partial charge in [0, 0.05) is 22.7 Å². The Labute approximate surface area is 308 Å². The number of nitrogens with zero attached hydrogens (tertiary/aromatic N) is 1. The summed E-state index contributed by atoms with van der Waals surface area (Å²) in [5.41, 5.74) is 6.93. The summed E-state index contributed by atoms with van der Waals surface area (Å²) >= 11 is 0. The van der Waals surface area contributed by atoms with Gasteiger partial charge in [-0.1, -0.05) is 101 Å². The van der Waals surface area contributed by atoms with Crippen LogP contribution in [-0.4, -0.2) is 35.8 Å². The van der Waals surface area contributed by atoms with Crippen LogP contribution in [0.15, 0.2) is 48.5 Å². The van der Waals surface area contributed by atoms with Crippen LogP contribution in [0.3, 0.4) is 0 Å². The van der Waals surface area contributed by atoms with E-state index in [0.29, 0.717) is 6.61 Å². The molecule has 2 aliphatic rings. The molecule has 276 valence electrons. The third-order valence-corrected chi connectivity index (χ3v) is 13.0. The summed E-state index contributed by atoms with van der Waals surface area (Å²) in [6.07, 6.45) is 3.65. The second-order valence-corrected chi connectivity index (χ2v) is 19.6. The van der Waals surface area contributed by atoms with Crippen LogP contribution in [0.2, 0.25) is 0 Å². The number of hydrogen-bond donors (Lipinski definition) is 0. The number of aromatic nitrogens is 1. The van der Waals surface area contributed by atoms with Crippen molar-refractivity contribution in [2.75, 3.05) is 6.61 Å². The minimum Gasteiger partial charge on any atom is -0.463 e. The van der Waals surface area contributed by atoms with Gasteiger partial charge in [-0.3, -0.25) is 0 Å². The van der Waals surface area contributed by atoms with E-state index >= 15 is 0 Å². The van der Waals surface area contributed by atoms with E-state index in [2.05, 4.69) is 157 Å². The fraction of sp³-hybridized carbons (Fsp3) is 0.600. The van der Waals surface area contributed by atoms with Crippen LogP contribution in [-0.2, 0) is 30.3 Å². The molecule has 6 rings (SSSR count). The summed E-state index contributed by atoms with van der Waals surface area (Å²) in [5, 5.41) is 2.50. The molecule has 5 nitrogen and oxygen atoms in total. The van der Waals surface area contributed by atoms with Gasteiger partial charge in [0.2, 0.25) is 0 Å². The Morgan fingerprint density at radius 2 is 1.25 bits per heavy atom. The van der Waals surface area contributed by atoms with Crippen LogP contribution in [0.4, 0.5) is 0 Å². The fourth-order valence-electron chi connectivity index (χ4n) is 7.42. The van der Waals surface area contributed by atoms with Gasteiger partial charge in [0.15, 0.2) is 6.29 Å². The predicted octanol–water partition coefficient (Wildman–Crippen LogP) is 11.3. The molecular weight excluding hydrogens is 629 g/mol. The van der Waals surface area contributed by atoms with Crippen molar-refractivity contribution in [1.29, 1.82) is 0 Å². The predicted molar refractivity (Wildman–Crippen MR) is 215 cm³/mol. The second-order valence-electron chi connectivity index (χ2n) is 19.6. The van der Waals surface area contributed by atoms with E-state index in [0.717, 1.165) is 53.6 Å². The minimum absolute atomic E-state index is 0.0103. The van der Waals surface area contributed by atoms with Crippen LogP contribution in [0.5, 0.6) is 5.75 Å². The Hall–Kier alpha value is -2.80. The van der Waals surface area contributed by atoms with E-state index in [9.17, 15) is 0 Å². The highest BCUT2D eigenvalue weighted by Gasteiger charge is 2.53. The average molecular weight is 694 g/mol. The van der Waals surface area contributed by atoms with Crippen molar-refractivity contribution in [3.05, 3.63) is 65.2 Å².